The lowest BCUT2D eigenvalue weighted by atomic mass is 10.1. The molecule has 13 heavy (non-hydrogen) atoms. The molecule has 0 saturated carbocycles. The van der Waals surface area contributed by atoms with E-state index in [1.165, 1.54) is 0 Å². The first-order valence-electron chi connectivity index (χ1n) is 4.43. The topological polar surface area (TPSA) is 29.5 Å². The Labute approximate surface area is 92.1 Å². The summed E-state index contributed by atoms with van der Waals surface area (Å²) in [6.07, 6.45) is 0.792. The van der Waals surface area contributed by atoms with Gasteiger partial charge in [-0.05, 0) is 38.4 Å². The van der Waals surface area contributed by atoms with Crippen molar-refractivity contribution >= 4 is 29.2 Å². The van der Waals surface area contributed by atoms with Crippen molar-refractivity contribution in [3.8, 4) is 0 Å². The number of aliphatic hydroxyl groups excluding tert-OH is 1. The van der Waals surface area contributed by atoms with Gasteiger partial charge in [-0.1, -0.05) is 26.5 Å². The van der Waals surface area contributed by atoms with Crippen molar-refractivity contribution in [2.75, 3.05) is 6.61 Å². The second-order valence-corrected chi connectivity index (χ2v) is 4.26. The first-order chi connectivity index (χ1) is 5.90. The molecule has 0 spiro atoms. The molecule has 1 unspecified atom stereocenters. The minimum absolute atomic E-state index is 0.125. The van der Waals surface area contributed by atoms with Crippen LogP contribution in [0.2, 0.25) is 0 Å². The van der Waals surface area contributed by atoms with E-state index in [1.807, 2.05) is 13.8 Å². The van der Waals surface area contributed by atoms with Crippen molar-refractivity contribution in [3.05, 3.63) is 0 Å². The Morgan fingerprint density at radius 1 is 1.46 bits per heavy atom. The predicted molar refractivity (Wildman–Crippen MR) is 64.3 cm³/mol. The van der Waals surface area contributed by atoms with Gasteiger partial charge >= 0.3 is 0 Å². The van der Waals surface area contributed by atoms with Crippen LogP contribution in [0, 0.1) is 5.92 Å². The molecule has 0 bridgehead atoms. The summed E-state index contributed by atoms with van der Waals surface area (Å²) in [6.45, 7) is 8.50. The second kappa shape index (κ2) is 10.3. The van der Waals surface area contributed by atoms with E-state index in [0.717, 1.165) is 6.42 Å². The third kappa shape index (κ3) is 24.5. The Kier molecular flexibility index (Phi) is 12.4. The first kappa shape index (κ1) is 15.7. The Morgan fingerprint density at radius 2 is 1.92 bits per heavy atom. The summed E-state index contributed by atoms with van der Waals surface area (Å²) >= 11 is 8.12. The zero-order valence-corrected chi connectivity index (χ0v) is 10.5. The highest BCUT2D eigenvalue weighted by atomic mass is 32.1. The fourth-order valence-electron chi connectivity index (χ4n) is 0.806. The minimum Gasteiger partial charge on any atom is -0.479 e. The maximum atomic E-state index is 8.72. The van der Waals surface area contributed by atoms with Gasteiger partial charge in [-0.25, -0.2) is 0 Å². The van der Waals surface area contributed by atoms with E-state index in [4.69, 9.17) is 5.11 Å². The van der Waals surface area contributed by atoms with E-state index in [0.29, 0.717) is 16.9 Å². The molecule has 0 aromatic rings. The average molecular weight is 224 g/mol. The summed E-state index contributed by atoms with van der Waals surface area (Å²) in [5, 5.41) is 8.72. The molecule has 4 heteroatoms. The molecule has 0 saturated heterocycles. The van der Waals surface area contributed by atoms with Crippen LogP contribution < -0.4 is 0 Å². The van der Waals surface area contributed by atoms with Gasteiger partial charge < -0.3 is 9.84 Å². The molecule has 1 atom stereocenters. The molecule has 2 nitrogen and oxygen atoms in total. The number of rotatable bonds is 3. The highest BCUT2D eigenvalue weighted by molar-refractivity contribution is 8.10. The Hall–Kier alpha value is 0.200. The van der Waals surface area contributed by atoms with Crippen LogP contribution in [-0.2, 0) is 4.74 Å². The van der Waals surface area contributed by atoms with Crippen molar-refractivity contribution in [3.63, 3.8) is 0 Å². The lowest BCUT2D eigenvalue weighted by Crippen LogP contribution is -2.03. The lowest BCUT2D eigenvalue weighted by Gasteiger charge is -2.04. The normalized spacial score (nSPS) is 11.6. The fourth-order valence-corrected chi connectivity index (χ4v) is 1.05. The monoisotopic (exact) mass is 224 g/mol. The lowest BCUT2D eigenvalue weighted by molar-refractivity contribution is 0.168. The van der Waals surface area contributed by atoms with Gasteiger partial charge in [0.15, 0.2) is 0 Å². The molecule has 0 radical (unpaired) electrons. The third-order valence-corrected chi connectivity index (χ3v) is 1.33. The van der Waals surface area contributed by atoms with Crippen LogP contribution in [0.3, 0.4) is 0 Å². The third-order valence-electron chi connectivity index (χ3n) is 1.08. The van der Waals surface area contributed by atoms with Crippen LogP contribution in [0.1, 0.15) is 34.1 Å². The zero-order valence-electron chi connectivity index (χ0n) is 8.78. The molecular weight excluding hydrogens is 204 g/mol. The van der Waals surface area contributed by atoms with Crippen molar-refractivity contribution < 1.29 is 9.84 Å². The Morgan fingerprint density at radius 3 is 1.92 bits per heavy atom. The maximum Gasteiger partial charge on any atom is 0.216 e. The van der Waals surface area contributed by atoms with Crippen molar-refractivity contribution in [2.45, 2.75) is 40.2 Å². The van der Waals surface area contributed by atoms with Gasteiger partial charge in [-0.2, -0.15) is 0 Å². The number of thiol groups is 1. The molecular formula is C9H20O2S2. The van der Waals surface area contributed by atoms with Gasteiger partial charge in [0.2, 0.25) is 4.38 Å². The summed E-state index contributed by atoms with van der Waals surface area (Å²) in [4.78, 5) is 0. The first-order valence-corrected chi connectivity index (χ1v) is 5.29. The summed E-state index contributed by atoms with van der Waals surface area (Å²) in [6, 6.07) is 0. The van der Waals surface area contributed by atoms with Gasteiger partial charge in [0.25, 0.3) is 0 Å². The summed E-state index contributed by atoms with van der Waals surface area (Å²) in [7, 11) is 0. The molecule has 0 aromatic carbocycles. The molecule has 0 fully saturated rings. The van der Waals surface area contributed by atoms with E-state index >= 15 is 0 Å². The van der Waals surface area contributed by atoms with E-state index in [1.54, 1.807) is 0 Å². The quantitative estimate of drug-likeness (QED) is 0.570. The van der Waals surface area contributed by atoms with Crippen LogP contribution in [-0.4, -0.2) is 22.2 Å². The second-order valence-electron chi connectivity index (χ2n) is 3.18. The van der Waals surface area contributed by atoms with E-state index in [2.05, 4.69) is 43.4 Å². The summed E-state index contributed by atoms with van der Waals surface area (Å²) in [5.74, 6) is 0.625. The van der Waals surface area contributed by atoms with Crippen molar-refractivity contribution in [2.24, 2.45) is 5.92 Å². The Bertz CT molecular complexity index is 119. The molecule has 0 aliphatic rings. The molecule has 80 valence electrons. The van der Waals surface area contributed by atoms with Crippen molar-refractivity contribution in [1.82, 2.24) is 0 Å². The largest absolute Gasteiger partial charge is 0.479 e. The van der Waals surface area contributed by atoms with Crippen LogP contribution >= 0.6 is 24.8 Å². The van der Waals surface area contributed by atoms with E-state index < -0.39 is 0 Å². The number of hydrogen-bond donors (Lipinski definition) is 2. The smallest absolute Gasteiger partial charge is 0.216 e. The van der Waals surface area contributed by atoms with Crippen molar-refractivity contribution in [1.29, 1.82) is 0 Å². The molecule has 1 N–H and O–H groups in total. The molecule has 0 rings (SSSR count). The van der Waals surface area contributed by atoms with Crippen LogP contribution in [0.25, 0.3) is 0 Å². The van der Waals surface area contributed by atoms with E-state index in [9.17, 15) is 0 Å². The van der Waals surface area contributed by atoms with Crippen LogP contribution in [0.5, 0.6) is 0 Å². The van der Waals surface area contributed by atoms with Gasteiger partial charge in [0.05, 0.1) is 12.7 Å². The van der Waals surface area contributed by atoms with Gasteiger partial charge in [-0.3, -0.25) is 0 Å². The summed E-state index contributed by atoms with van der Waals surface area (Å²) in [5.41, 5.74) is 0. The standard InChI is InChI=1S/C6H14O.C3H6OS2/c1-5(2)4-6(3)7;1-2-4-3(5)6/h5-7H,4H2,1-3H3;2H2,1H3,(H,5,6). The zero-order chi connectivity index (χ0) is 10.9. The summed E-state index contributed by atoms with van der Waals surface area (Å²) < 4.78 is 4.95. The van der Waals surface area contributed by atoms with E-state index in [-0.39, 0.29) is 6.10 Å². The number of ether oxygens (including phenoxy) is 1. The highest BCUT2D eigenvalue weighted by Crippen LogP contribution is 2.01. The number of aliphatic hydroxyl groups is 1. The molecule has 0 aliphatic heterocycles. The Balaban J connectivity index is 0. The SMILES string of the molecule is CC(C)CC(C)O.CCOC(=S)S. The van der Waals surface area contributed by atoms with Gasteiger partial charge in [0.1, 0.15) is 0 Å². The number of thiocarbonyl (C=S) groups is 1. The average Bonchev–Trinajstić information content (AvgIpc) is 1.83. The van der Waals surface area contributed by atoms with Gasteiger partial charge in [0, 0.05) is 0 Å². The minimum atomic E-state index is -0.125. The van der Waals surface area contributed by atoms with Crippen LogP contribution in [0.15, 0.2) is 0 Å². The fraction of sp³-hybridized carbons (Fsp3) is 0.889. The highest BCUT2D eigenvalue weighted by Gasteiger charge is 1.97. The maximum absolute atomic E-state index is 8.72. The van der Waals surface area contributed by atoms with Crippen LogP contribution in [0.4, 0.5) is 0 Å². The molecule has 0 aliphatic carbocycles. The molecule has 0 heterocycles. The predicted octanol–water partition coefficient (Wildman–Crippen LogP) is 2.65. The van der Waals surface area contributed by atoms with Gasteiger partial charge in [-0.15, -0.1) is 0 Å². The molecule has 0 aromatic heterocycles. The number of hydrogen-bond acceptors (Lipinski definition) is 3. The molecule has 0 amide bonds.